The van der Waals surface area contributed by atoms with Crippen LogP contribution in [0.25, 0.3) is 22.4 Å². The Morgan fingerprint density at radius 2 is 2.22 bits per heavy atom. The van der Waals surface area contributed by atoms with Crippen molar-refractivity contribution in [1.29, 1.82) is 0 Å². The maximum atomic E-state index is 5.92. The predicted molar refractivity (Wildman–Crippen MR) is 68.7 cm³/mol. The molecule has 0 bridgehead atoms. The highest BCUT2D eigenvalue weighted by molar-refractivity contribution is 5.87. The van der Waals surface area contributed by atoms with E-state index in [1.807, 2.05) is 25.1 Å². The van der Waals surface area contributed by atoms with E-state index in [1.54, 1.807) is 18.7 Å². The lowest BCUT2D eigenvalue weighted by atomic mass is 10.0. The number of nitrogens with zero attached hydrogens (tertiary/aromatic N) is 2. The molecule has 3 aromatic rings. The second-order valence-electron chi connectivity index (χ2n) is 4.05. The van der Waals surface area contributed by atoms with Crippen molar-refractivity contribution in [2.75, 3.05) is 5.73 Å². The molecule has 5 nitrogen and oxygen atoms in total. The molecule has 3 N–H and O–H groups in total. The number of nitrogens with two attached hydrogens (primary N) is 1. The molecule has 0 spiro atoms. The van der Waals surface area contributed by atoms with Crippen LogP contribution in [0.1, 0.15) is 5.76 Å². The first-order valence-corrected chi connectivity index (χ1v) is 5.55. The van der Waals surface area contributed by atoms with E-state index in [0.29, 0.717) is 5.82 Å². The number of nitrogens with one attached hydrogen (secondary N) is 1. The first-order chi connectivity index (χ1) is 8.75. The molecule has 0 atom stereocenters. The Morgan fingerprint density at radius 3 is 2.89 bits per heavy atom. The molecule has 0 aliphatic rings. The molecule has 0 aliphatic heterocycles. The highest BCUT2D eigenvalue weighted by Gasteiger charge is 2.16. The van der Waals surface area contributed by atoms with Gasteiger partial charge in [-0.25, -0.2) is 0 Å². The number of pyridine rings is 1. The van der Waals surface area contributed by atoms with Crippen LogP contribution in [0.4, 0.5) is 5.82 Å². The minimum absolute atomic E-state index is 0.455. The first kappa shape index (κ1) is 10.6. The SMILES string of the molecule is Cc1cc(-c2[nH]nc(N)c2-c2cccnc2)co1. The van der Waals surface area contributed by atoms with Crippen molar-refractivity contribution in [3.05, 3.63) is 42.6 Å². The van der Waals surface area contributed by atoms with Gasteiger partial charge in [0, 0.05) is 23.5 Å². The van der Waals surface area contributed by atoms with Gasteiger partial charge in [-0.2, -0.15) is 5.10 Å². The minimum Gasteiger partial charge on any atom is -0.469 e. The van der Waals surface area contributed by atoms with Crippen molar-refractivity contribution < 1.29 is 4.42 Å². The molecule has 18 heavy (non-hydrogen) atoms. The van der Waals surface area contributed by atoms with Crippen molar-refractivity contribution in [3.8, 4) is 22.4 Å². The molecule has 3 rings (SSSR count). The molecule has 0 saturated heterocycles. The van der Waals surface area contributed by atoms with Gasteiger partial charge >= 0.3 is 0 Å². The lowest BCUT2D eigenvalue weighted by Crippen LogP contribution is -1.88. The fourth-order valence-electron chi connectivity index (χ4n) is 1.94. The summed E-state index contributed by atoms with van der Waals surface area (Å²) in [4.78, 5) is 4.10. The maximum Gasteiger partial charge on any atom is 0.153 e. The fraction of sp³-hybridized carbons (Fsp3) is 0.0769. The minimum atomic E-state index is 0.455. The third-order valence-corrected chi connectivity index (χ3v) is 2.76. The summed E-state index contributed by atoms with van der Waals surface area (Å²) in [7, 11) is 0. The zero-order valence-corrected chi connectivity index (χ0v) is 9.84. The Labute approximate surface area is 104 Å². The molecule has 0 aliphatic carbocycles. The molecule has 3 aromatic heterocycles. The van der Waals surface area contributed by atoms with Crippen LogP contribution in [0.3, 0.4) is 0 Å². The highest BCUT2D eigenvalue weighted by atomic mass is 16.3. The largest absolute Gasteiger partial charge is 0.469 e. The number of hydrogen-bond donors (Lipinski definition) is 2. The second-order valence-corrected chi connectivity index (χ2v) is 4.05. The summed E-state index contributed by atoms with van der Waals surface area (Å²) in [6, 6.07) is 5.75. The fourth-order valence-corrected chi connectivity index (χ4v) is 1.94. The Balaban J connectivity index is 2.18. The number of hydrogen-bond acceptors (Lipinski definition) is 4. The number of nitrogen functional groups attached to an aromatic ring is 1. The van der Waals surface area contributed by atoms with Crippen LogP contribution in [-0.4, -0.2) is 15.2 Å². The van der Waals surface area contributed by atoms with E-state index in [2.05, 4.69) is 15.2 Å². The summed E-state index contributed by atoms with van der Waals surface area (Å²) >= 11 is 0. The first-order valence-electron chi connectivity index (χ1n) is 5.55. The highest BCUT2D eigenvalue weighted by Crippen LogP contribution is 2.34. The number of aryl methyl sites for hydroxylation is 1. The summed E-state index contributed by atoms with van der Waals surface area (Å²) < 4.78 is 5.31. The maximum absolute atomic E-state index is 5.92. The van der Waals surface area contributed by atoms with Crippen LogP contribution in [0.5, 0.6) is 0 Å². The standard InChI is InChI=1S/C13H12N4O/c1-8-5-10(7-18-8)12-11(13(14)17-16-12)9-3-2-4-15-6-9/h2-7H,1H3,(H3,14,16,17). The zero-order chi connectivity index (χ0) is 12.5. The van der Waals surface area contributed by atoms with E-state index in [0.717, 1.165) is 28.1 Å². The van der Waals surface area contributed by atoms with E-state index in [1.165, 1.54) is 0 Å². The van der Waals surface area contributed by atoms with Crippen LogP contribution >= 0.6 is 0 Å². The number of anilines is 1. The van der Waals surface area contributed by atoms with E-state index in [9.17, 15) is 0 Å². The van der Waals surface area contributed by atoms with E-state index < -0.39 is 0 Å². The number of aromatic nitrogens is 3. The topological polar surface area (TPSA) is 80.7 Å². The number of aromatic amines is 1. The summed E-state index contributed by atoms with van der Waals surface area (Å²) in [6.45, 7) is 1.90. The molecular formula is C13H12N4O. The van der Waals surface area contributed by atoms with Gasteiger partial charge in [-0.3, -0.25) is 10.1 Å². The van der Waals surface area contributed by atoms with Gasteiger partial charge < -0.3 is 10.2 Å². The normalized spacial score (nSPS) is 10.7. The van der Waals surface area contributed by atoms with E-state index in [4.69, 9.17) is 10.2 Å². The van der Waals surface area contributed by atoms with Crippen molar-refractivity contribution in [1.82, 2.24) is 15.2 Å². The van der Waals surface area contributed by atoms with Crippen molar-refractivity contribution in [3.63, 3.8) is 0 Å². The third kappa shape index (κ3) is 1.66. The molecule has 0 fully saturated rings. The van der Waals surface area contributed by atoms with Crippen LogP contribution < -0.4 is 5.73 Å². The molecule has 0 unspecified atom stereocenters. The number of H-pyrrole nitrogens is 1. The van der Waals surface area contributed by atoms with Crippen LogP contribution in [0.2, 0.25) is 0 Å². The summed E-state index contributed by atoms with van der Waals surface area (Å²) in [5, 5.41) is 7.00. The molecule has 0 amide bonds. The van der Waals surface area contributed by atoms with Crippen molar-refractivity contribution in [2.45, 2.75) is 6.92 Å². The zero-order valence-electron chi connectivity index (χ0n) is 9.84. The molecule has 90 valence electrons. The molecular weight excluding hydrogens is 228 g/mol. The monoisotopic (exact) mass is 240 g/mol. The van der Waals surface area contributed by atoms with Gasteiger partial charge in [-0.1, -0.05) is 6.07 Å². The number of rotatable bonds is 2. The summed E-state index contributed by atoms with van der Waals surface area (Å²) in [5.74, 6) is 1.30. The Bertz CT molecular complexity index is 669. The molecule has 5 heteroatoms. The average Bonchev–Trinajstić information content (AvgIpc) is 2.96. The van der Waals surface area contributed by atoms with Gasteiger partial charge in [0.2, 0.25) is 0 Å². The summed E-state index contributed by atoms with van der Waals surface area (Å²) in [6.07, 6.45) is 5.17. The van der Waals surface area contributed by atoms with Crippen LogP contribution in [-0.2, 0) is 0 Å². The predicted octanol–water partition coefficient (Wildman–Crippen LogP) is 2.62. The second kappa shape index (κ2) is 4.03. The van der Waals surface area contributed by atoms with Crippen molar-refractivity contribution in [2.24, 2.45) is 0 Å². The Morgan fingerprint density at radius 1 is 1.33 bits per heavy atom. The summed E-state index contributed by atoms with van der Waals surface area (Å²) in [5.41, 5.74) is 9.47. The van der Waals surface area contributed by atoms with Crippen LogP contribution in [0, 0.1) is 6.92 Å². The third-order valence-electron chi connectivity index (χ3n) is 2.76. The molecule has 0 aromatic carbocycles. The Hall–Kier alpha value is -2.56. The lowest BCUT2D eigenvalue weighted by molar-refractivity contribution is 0.535. The Kier molecular flexibility index (Phi) is 2.37. The molecule has 0 radical (unpaired) electrons. The van der Waals surface area contributed by atoms with E-state index in [-0.39, 0.29) is 0 Å². The quantitative estimate of drug-likeness (QED) is 0.721. The van der Waals surface area contributed by atoms with Gasteiger partial charge in [-0.05, 0) is 19.1 Å². The van der Waals surface area contributed by atoms with Gasteiger partial charge in [0.05, 0.1) is 11.3 Å². The smallest absolute Gasteiger partial charge is 0.153 e. The average molecular weight is 240 g/mol. The number of furan rings is 1. The van der Waals surface area contributed by atoms with E-state index >= 15 is 0 Å². The van der Waals surface area contributed by atoms with Gasteiger partial charge in [0.25, 0.3) is 0 Å². The lowest BCUT2D eigenvalue weighted by Gasteiger charge is -2.01. The van der Waals surface area contributed by atoms with Gasteiger partial charge in [0.1, 0.15) is 12.0 Å². The molecule has 3 heterocycles. The van der Waals surface area contributed by atoms with Gasteiger partial charge in [-0.15, -0.1) is 0 Å². The van der Waals surface area contributed by atoms with Gasteiger partial charge in [0.15, 0.2) is 5.82 Å². The molecule has 0 saturated carbocycles. The van der Waals surface area contributed by atoms with Crippen molar-refractivity contribution >= 4 is 5.82 Å². The van der Waals surface area contributed by atoms with Crippen LogP contribution in [0.15, 0.2) is 41.3 Å².